The van der Waals surface area contributed by atoms with Crippen LogP contribution in [0.5, 0.6) is 0 Å². The van der Waals surface area contributed by atoms with Gasteiger partial charge in [-0.2, -0.15) is 5.26 Å². The van der Waals surface area contributed by atoms with E-state index in [1.807, 2.05) is 25.1 Å². The number of nitrogens with zero attached hydrogens (tertiary/aromatic N) is 2. The van der Waals surface area contributed by atoms with Crippen LogP contribution in [0, 0.1) is 18.3 Å². The van der Waals surface area contributed by atoms with Gasteiger partial charge in [-0.05, 0) is 46.7 Å². The lowest BCUT2D eigenvalue weighted by Gasteiger charge is -2.01. The quantitative estimate of drug-likeness (QED) is 0.846. The number of hydrogen-bond acceptors (Lipinski definition) is 4. The van der Waals surface area contributed by atoms with Gasteiger partial charge in [-0.3, -0.25) is 0 Å². The summed E-state index contributed by atoms with van der Waals surface area (Å²) < 4.78 is 6.02. The highest BCUT2D eigenvalue weighted by molar-refractivity contribution is 9.10. The van der Waals surface area contributed by atoms with Crippen molar-refractivity contribution < 1.29 is 4.42 Å². The fourth-order valence-corrected chi connectivity index (χ4v) is 2.64. The smallest absolute Gasteiger partial charge is 0.260 e. The average molecular weight is 295 g/mol. The number of hydrogen-bond donors (Lipinski definition) is 0. The lowest BCUT2D eigenvalue weighted by molar-refractivity contribution is 0.454. The van der Waals surface area contributed by atoms with E-state index < -0.39 is 0 Å². The fraction of sp³-hybridized carbons (Fsp3) is 0.0909. The van der Waals surface area contributed by atoms with E-state index in [4.69, 9.17) is 9.68 Å². The van der Waals surface area contributed by atoms with Crippen LogP contribution in [-0.4, -0.2) is 4.98 Å². The monoisotopic (exact) mass is 294 g/mol. The van der Waals surface area contributed by atoms with Gasteiger partial charge in [-0.25, -0.2) is 4.98 Å². The van der Waals surface area contributed by atoms with Gasteiger partial charge in [0.05, 0.1) is 11.3 Å². The zero-order chi connectivity index (χ0) is 11.5. The maximum atomic E-state index is 9.04. The van der Waals surface area contributed by atoms with Crippen molar-refractivity contribution in [1.82, 2.24) is 4.98 Å². The minimum Gasteiger partial charge on any atom is -0.439 e. The molecule has 0 saturated carbocycles. The third kappa shape index (κ3) is 2.29. The summed E-state index contributed by atoms with van der Waals surface area (Å²) in [6.07, 6.45) is 1.59. The number of oxazole rings is 1. The van der Waals surface area contributed by atoms with Crippen molar-refractivity contribution in [3.63, 3.8) is 0 Å². The van der Waals surface area contributed by atoms with Gasteiger partial charge in [0.1, 0.15) is 12.3 Å². The number of nitriles is 1. The number of aryl methyl sites for hydroxylation is 1. The van der Waals surface area contributed by atoms with Crippen molar-refractivity contribution in [3.8, 4) is 6.07 Å². The molecule has 0 aliphatic heterocycles. The van der Waals surface area contributed by atoms with Crippen molar-refractivity contribution in [1.29, 1.82) is 5.26 Å². The molecule has 16 heavy (non-hydrogen) atoms. The third-order valence-electron chi connectivity index (χ3n) is 1.88. The van der Waals surface area contributed by atoms with Gasteiger partial charge in [-0.15, -0.1) is 0 Å². The number of benzene rings is 1. The van der Waals surface area contributed by atoms with Crippen LogP contribution in [0.2, 0.25) is 0 Å². The van der Waals surface area contributed by atoms with Crippen LogP contribution in [0.4, 0.5) is 0 Å². The van der Waals surface area contributed by atoms with Gasteiger partial charge >= 0.3 is 0 Å². The molecule has 0 spiro atoms. The topological polar surface area (TPSA) is 49.8 Å². The SMILES string of the molecule is Cc1coc(Sc2cccc(Br)c2C#N)n1. The van der Waals surface area contributed by atoms with Gasteiger partial charge in [0.2, 0.25) is 0 Å². The second-order valence-corrected chi connectivity index (χ2v) is 4.93. The molecular formula is C11H7BrN2OS. The molecule has 2 rings (SSSR count). The van der Waals surface area contributed by atoms with E-state index in [1.165, 1.54) is 11.8 Å². The maximum Gasteiger partial charge on any atom is 0.260 e. The lowest BCUT2D eigenvalue weighted by atomic mass is 10.2. The Bertz CT molecular complexity index is 559. The molecule has 0 unspecified atom stereocenters. The van der Waals surface area contributed by atoms with Gasteiger partial charge in [0, 0.05) is 9.37 Å². The Morgan fingerprint density at radius 2 is 2.31 bits per heavy atom. The molecule has 0 aliphatic rings. The van der Waals surface area contributed by atoms with Crippen LogP contribution >= 0.6 is 27.7 Å². The minimum atomic E-state index is 0.548. The third-order valence-corrected chi connectivity index (χ3v) is 3.47. The predicted octanol–water partition coefficient (Wildman–Crippen LogP) is 3.77. The summed E-state index contributed by atoms with van der Waals surface area (Å²) in [4.78, 5) is 5.01. The van der Waals surface area contributed by atoms with Crippen LogP contribution in [0.3, 0.4) is 0 Å². The average Bonchev–Trinajstić information content (AvgIpc) is 2.64. The molecule has 0 atom stereocenters. The Labute approximate surface area is 106 Å². The highest BCUT2D eigenvalue weighted by atomic mass is 79.9. The summed E-state index contributed by atoms with van der Waals surface area (Å²) in [5.41, 5.74) is 1.43. The summed E-state index contributed by atoms with van der Waals surface area (Å²) >= 11 is 4.68. The Kier molecular flexibility index (Phi) is 3.32. The Balaban J connectivity index is 2.35. The standard InChI is InChI=1S/C11H7BrN2OS/c1-7-6-15-11(14-7)16-10-4-2-3-9(12)8(10)5-13/h2-4,6H,1H3. The summed E-state index contributed by atoms with van der Waals surface area (Å²) in [5, 5.41) is 9.59. The Hall–Kier alpha value is -1.25. The molecule has 80 valence electrons. The van der Waals surface area contributed by atoms with Crippen molar-refractivity contribution in [2.75, 3.05) is 0 Å². The molecule has 5 heteroatoms. The van der Waals surface area contributed by atoms with E-state index in [9.17, 15) is 0 Å². The molecule has 1 heterocycles. The number of aromatic nitrogens is 1. The molecule has 0 bridgehead atoms. The molecule has 0 aliphatic carbocycles. The van der Waals surface area contributed by atoms with E-state index in [0.717, 1.165) is 15.1 Å². The molecule has 2 aromatic rings. The van der Waals surface area contributed by atoms with Gasteiger partial charge < -0.3 is 4.42 Å². The number of rotatable bonds is 2. The molecule has 1 aromatic carbocycles. The summed E-state index contributed by atoms with van der Waals surface area (Å²) in [6.45, 7) is 1.86. The van der Waals surface area contributed by atoms with E-state index >= 15 is 0 Å². The second kappa shape index (κ2) is 4.73. The van der Waals surface area contributed by atoms with Crippen molar-refractivity contribution in [3.05, 3.63) is 40.2 Å². The largest absolute Gasteiger partial charge is 0.439 e. The van der Waals surface area contributed by atoms with Gasteiger partial charge in [-0.1, -0.05) is 6.07 Å². The highest BCUT2D eigenvalue weighted by Crippen LogP contribution is 2.32. The maximum absolute atomic E-state index is 9.04. The molecule has 3 nitrogen and oxygen atoms in total. The molecule has 0 radical (unpaired) electrons. The summed E-state index contributed by atoms with van der Waals surface area (Å²) in [7, 11) is 0. The van der Waals surface area contributed by atoms with Crippen LogP contribution in [-0.2, 0) is 0 Å². The molecule has 0 N–H and O–H groups in total. The first-order chi connectivity index (χ1) is 7.70. The first kappa shape index (κ1) is 11.2. The van der Waals surface area contributed by atoms with Crippen LogP contribution in [0.15, 0.2) is 43.5 Å². The lowest BCUT2D eigenvalue weighted by Crippen LogP contribution is -1.83. The first-order valence-electron chi connectivity index (χ1n) is 4.49. The van der Waals surface area contributed by atoms with E-state index in [1.54, 1.807) is 6.26 Å². The first-order valence-corrected chi connectivity index (χ1v) is 6.10. The van der Waals surface area contributed by atoms with Crippen molar-refractivity contribution in [2.24, 2.45) is 0 Å². The highest BCUT2D eigenvalue weighted by Gasteiger charge is 2.10. The summed E-state index contributed by atoms with van der Waals surface area (Å²) in [5.74, 6) is 0. The fourth-order valence-electron chi connectivity index (χ4n) is 1.17. The Morgan fingerprint density at radius 3 is 2.94 bits per heavy atom. The number of halogens is 1. The van der Waals surface area contributed by atoms with E-state index in [-0.39, 0.29) is 0 Å². The zero-order valence-corrected chi connectivity index (χ0v) is 10.8. The normalized spacial score (nSPS) is 10.1. The second-order valence-electron chi connectivity index (χ2n) is 3.08. The van der Waals surface area contributed by atoms with E-state index in [2.05, 4.69) is 27.0 Å². The Morgan fingerprint density at radius 1 is 1.50 bits per heavy atom. The van der Waals surface area contributed by atoms with Crippen LogP contribution in [0.25, 0.3) is 0 Å². The molecule has 1 aromatic heterocycles. The summed E-state index contributed by atoms with van der Waals surface area (Å²) in [6, 6.07) is 7.74. The van der Waals surface area contributed by atoms with Crippen molar-refractivity contribution >= 4 is 27.7 Å². The molecular weight excluding hydrogens is 288 g/mol. The van der Waals surface area contributed by atoms with Gasteiger partial charge in [0.25, 0.3) is 5.22 Å². The van der Waals surface area contributed by atoms with Crippen LogP contribution in [0.1, 0.15) is 11.3 Å². The molecule has 0 amide bonds. The van der Waals surface area contributed by atoms with Crippen LogP contribution < -0.4 is 0 Å². The predicted molar refractivity (Wildman–Crippen MR) is 64.2 cm³/mol. The molecule has 0 saturated heterocycles. The van der Waals surface area contributed by atoms with E-state index in [0.29, 0.717) is 10.8 Å². The van der Waals surface area contributed by atoms with Gasteiger partial charge in [0.15, 0.2) is 0 Å². The van der Waals surface area contributed by atoms with Crippen molar-refractivity contribution in [2.45, 2.75) is 17.0 Å². The molecule has 0 fully saturated rings. The minimum absolute atomic E-state index is 0.548. The zero-order valence-electron chi connectivity index (χ0n) is 8.40.